The number of ether oxygens (including phenoxy) is 2. The average molecular weight is 259 g/mol. The number of esters is 1. The van der Waals surface area contributed by atoms with Crippen molar-refractivity contribution >= 4 is 16.7 Å². The molecule has 100 valence electrons. The van der Waals surface area contributed by atoms with Crippen LogP contribution in [0.1, 0.15) is 5.56 Å². The van der Waals surface area contributed by atoms with Crippen LogP contribution in [0.4, 0.5) is 0 Å². The van der Waals surface area contributed by atoms with Crippen molar-refractivity contribution in [2.24, 2.45) is 5.73 Å². The summed E-state index contributed by atoms with van der Waals surface area (Å²) in [5.74, 6) is 0.432. The number of benzene rings is 2. The van der Waals surface area contributed by atoms with E-state index in [-0.39, 0.29) is 0 Å². The lowest BCUT2D eigenvalue weighted by molar-refractivity contribution is -0.142. The number of fused-ring (bicyclic) bond motifs is 1. The summed E-state index contributed by atoms with van der Waals surface area (Å²) in [6.07, 6.45) is 0.467. The maximum Gasteiger partial charge on any atom is 0.322 e. The van der Waals surface area contributed by atoms with Crippen molar-refractivity contribution in [3.63, 3.8) is 0 Å². The van der Waals surface area contributed by atoms with Crippen molar-refractivity contribution in [3.05, 3.63) is 42.0 Å². The van der Waals surface area contributed by atoms with Gasteiger partial charge in [-0.15, -0.1) is 0 Å². The molecule has 0 spiro atoms. The second-order valence-corrected chi connectivity index (χ2v) is 4.38. The maximum absolute atomic E-state index is 11.3. The molecule has 0 radical (unpaired) electrons. The summed E-state index contributed by atoms with van der Waals surface area (Å²) in [4.78, 5) is 11.3. The molecule has 0 unspecified atom stereocenters. The Morgan fingerprint density at radius 1 is 1.16 bits per heavy atom. The molecule has 0 amide bonds. The van der Waals surface area contributed by atoms with Gasteiger partial charge < -0.3 is 15.2 Å². The number of hydrogen-bond acceptors (Lipinski definition) is 4. The highest BCUT2D eigenvalue weighted by atomic mass is 16.5. The minimum Gasteiger partial charge on any atom is -0.497 e. The van der Waals surface area contributed by atoms with Crippen LogP contribution in [0.5, 0.6) is 5.75 Å². The molecule has 2 aromatic rings. The SMILES string of the molecule is COC(=O)[C@H](N)Cc1ccc2cc(OC)ccc2c1. The van der Waals surface area contributed by atoms with Gasteiger partial charge in [-0.05, 0) is 34.9 Å². The molecule has 0 bridgehead atoms. The second-order valence-electron chi connectivity index (χ2n) is 4.38. The van der Waals surface area contributed by atoms with E-state index in [1.807, 2.05) is 36.4 Å². The van der Waals surface area contributed by atoms with Crippen LogP contribution >= 0.6 is 0 Å². The number of methoxy groups -OCH3 is 2. The van der Waals surface area contributed by atoms with Crippen LogP contribution in [0.25, 0.3) is 10.8 Å². The van der Waals surface area contributed by atoms with Crippen LogP contribution in [0.2, 0.25) is 0 Å². The summed E-state index contributed by atoms with van der Waals surface area (Å²) >= 11 is 0. The first-order valence-corrected chi connectivity index (χ1v) is 6.04. The third kappa shape index (κ3) is 3.03. The molecule has 0 heterocycles. The molecule has 0 saturated carbocycles. The second kappa shape index (κ2) is 5.71. The Morgan fingerprint density at radius 2 is 1.84 bits per heavy atom. The first-order valence-electron chi connectivity index (χ1n) is 6.04. The number of nitrogens with two attached hydrogens (primary N) is 1. The van der Waals surface area contributed by atoms with Gasteiger partial charge in [-0.1, -0.05) is 24.3 Å². The number of carbonyl (C=O) groups is 1. The Bertz CT molecular complexity index is 595. The van der Waals surface area contributed by atoms with Gasteiger partial charge in [-0.25, -0.2) is 0 Å². The average Bonchev–Trinajstić information content (AvgIpc) is 2.45. The smallest absolute Gasteiger partial charge is 0.322 e. The van der Waals surface area contributed by atoms with Crippen LogP contribution in [0, 0.1) is 0 Å². The molecule has 2 aromatic carbocycles. The zero-order chi connectivity index (χ0) is 13.8. The van der Waals surface area contributed by atoms with E-state index >= 15 is 0 Å². The van der Waals surface area contributed by atoms with Crippen LogP contribution in [0.3, 0.4) is 0 Å². The molecule has 1 atom stereocenters. The molecule has 19 heavy (non-hydrogen) atoms. The van der Waals surface area contributed by atoms with Gasteiger partial charge in [-0.3, -0.25) is 4.79 Å². The zero-order valence-electron chi connectivity index (χ0n) is 11.1. The van der Waals surface area contributed by atoms with Gasteiger partial charge in [0.05, 0.1) is 14.2 Å². The fraction of sp³-hybridized carbons (Fsp3) is 0.267. The Hall–Kier alpha value is -2.07. The van der Waals surface area contributed by atoms with E-state index in [1.54, 1.807) is 7.11 Å². The van der Waals surface area contributed by atoms with E-state index < -0.39 is 12.0 Å². The van der Waals surface area contributed by atoms with Gasteiger partial charge in [-0.2, -0.15) is 0 Å². The number of carbonyl (C=O) groups excluding carboxylic acids is 1. The molecule has 0 aliphatic rings. The maximum atomic E-state index is 11.3. The van der Waals surface area contributed by atoms with Gasteiger partial charge in [0.25, 0.3) is 0 Å². The lowest BCUT2D eigenvalue weighted by Gasteiger charge is -2.10. The van der Waals surface area contributed by atoms with Crippen LogP contribution in [-0.2, 0) is 16.0 Å². The molecule has 0 aliphatic heterocycles. The van der Waals surface area contributed by atoms with Gasteiger partial charge in [0.1, 0.15) is 11.8 Å². The van der Waals surface area contributed by atoms with Crippen molar-refractivity contribution in [1.29, 1.82) is 0 Å². The molecule has 4 nitrogen and oxygen atoms in total. The molecule has 4 heteroatoms. The predicted molar refractivity (Wildman–Crippen MR) is 74.2 cm³/mol. The summed E-state index contributed by atoms with van der Waals surface area (Å²) < 4.78 is 9.80. The minimum absolute atomic E-state index is 0.394. The molecular formula is C15H17NO3. The number of hydrogen-bond donors (Lipinski definition) is 1. The Kier molecular flexibility index (Phi) is 4.02. The molecule has 2 N–H and O–H groups in total. The van der Waals surface area contributed by atoms with E-state index in [2.05, 4.69) is 4.74 Å². The van der Waals surface area contributed by atoms with Gasteiger partial charge in [0, 0.05) is 0 Å². The van der Waals surface area contributed by atoms with Gasteiger partial charge in [0.15, 0.2) is 0 Å². The van der Waals surface area contributed by atoms with Crippen LogP contribution in [-0.4, -0.2) is 26.2 Å². The van der Waals surface area contributed by atoms with E-state index in [0.717, 1.165) is 22.1 Å². The van der Waals surface area contributed by atoms with Gasteiger partial charge >= 0.3 is 5.97 Å². The van der Waals surface area contributed by atoms with Crippen molar-refractivity contribution < 1.29 is 14.3 Å². The highest BCUT2D eigenvalue weighted by Gasteiger charge is 2.14. The lowest BCUT2D eigenvalue weighted by atomic mass is 10.0. The molecule has 0 aliphatic carbocycles. The van der Waals surface area contributed by atoms with Crippen molar-refractivity contribution in [2.75, 3.05) is 14.2 Å². The first kappa shape index (κ1) is 13.4. The number of rotatable bonds is 4. The molecular weight excluding hydrogens is 242 g/mol. The minimum atomic E-state index is -0.624. The standard InChI is InChI=1S/C15H17NO3/c1-18-13-6-5-11-7-10(3-4-12(11)9-13)8-14(16)15(17)19-2/h3-7,9,14H,8,16H2,1-2H3/t14-/m1/s1. The summed E-state index contributed by atoms with van der Waals surface area (Å²) in [5.41, 5.74) is 6.76. The molecule has 0 fully saturated rings. The highest BCUT2D eigenvalue weighted by molar-refractivity contribution is 5.85. The Balaban J connectivity index is 2.24. The molecule has 2 rings (SSSR count). The summed E-state index contributed by atoms with van der Waals surface area (Å²) in [6.45, 7) is 0. The summed E-state index contributed by atoms with van der Waals surface area (Å²) in [5, 5.41) is 2.19. The quantitative estimate of drug-likeness (QED) is 0.852. The monoisotopic (exact) mass is 259 g/mol. The van der Waals surface area contributed by atoms with Crippen molar-refractivity contribution in [2.45, 2.75) is 12.5 Å². The molecule has 0 aromatic heterocycles. The van der Waals surface area contributed by atoms with Gasteiger partial charge in [0.2, 0.25) is 0 Å². The van der Waals surface area contributed by atoms with Crippen molar-refractivity contribution in [1.82, 2.24) is 0 Å². The zero-order valence-corrected chi connectivity index (χ0v) is 11.1. The third-order valence-electron chi connectivity index (χ3n) is 3.07. The molecule has 0 saturated heterocycles. The topological polar surface area (TPSA) is 61.5 Å². The summed E-state index contributed by atoms with van der Waals surface area (Å²) in [6, 6.07) is 11.2. The fourth-order valence-corrected chi connectivity index (χ4v) is 2.02. The van der Waals surface area contributed by atoms with Crippen LogP contribution in [0.15, 0.2) is 36.4 Å². The first-order chi connectivity index (χ1) is 9.13. The van der Waals surface area contributed by atoms with Crippen LogP contribution < -0.4 is 10.5 Å². The van der Waals surface area contributed by atoms with E-state index in [9.17, 15) is 4.79 Å². The van der Waals surface area contributed by atoms with Crippen molar-refractivity contribution in [3.8, 4) is 5.75 Å². The van der Waals surface area contributed by atoms with E-state index in [0.29, 0.717) is 6.42 Å². The van der Waals surface area contributed by atoms with E-state index in [1.165, 1.54) is 7.11 Å². The summed E-state index contributed by atoms with van der Waals surface area (Å²) in [7, 11) is 2.99. The lowest BCUT2D eigenvalue weighted by Crippen LogP contribution is -2.33. The third-order valence-corrected chi connectivity index (χ3v) is 3.07. The predicted octanol–water partition coefficient (Wildman–Crippen LogP) is 1.89. The normalized spacial score (nSPS) is 12.2. The Labute approximate surface area is 112 Å². The van der Waals surface area contributed by atoms with E-state index in [4.69, 9.17) is 10.5 Å². The highest BCUT2D eigenvalue weighted by Crippen LogP contribution is 2.22. The largest absolute Gasteiger partial charge is 0.497 e. The fourth-order valence-electron chi connectivity index (χ4n) is 2.02. The Morgan fingerprint density at radius 3 is 2.53 bits per heavy atom.